The number of esters is 1. The van der Waals surface area contributed by atoms with Crippen LogP contribution < -0.4 is 4.90 Å². The van der Waals surface area contributed by atoms with Crippen LogP contribution in [-0.4, -0.2) is 17.6 Å². The summed E-state index contributed by atoms with van der Waals surface area (Å²) < 4.78 is 19.1. The normalized spacial score (nSPS) is 13.7. The first-order valence-electron chi connectivity index (χ1n) is 6.63. The van der Waals surface area contributed by atoms with Gasteiger partial charge in [0.2, 0.25) is 0 Å². The first-order chi connectivity index (χ1) is 10.6. The van der Waals surface area contributed by atoms with Gasteiger partial charge in [0, 0.05) is 18.8 Å². The minimum absolute atomic E-state index is 0.119. The van der Waals surface area contributed by atoms with Gasteiger partial charge in [-0.25, -0.2) is 14.2 Å². The molecule has 22 heavy (non-hydrogen) atoms. The molecule has 1 aromatic heterocycles. The monoisotopic (exact) mass is 318 g/mol. The molecule has 0 aliphatic carbocycles. The first kappa shape index (κ1) is 14.5. The Labute approximate surface area is 131 Å². The first-order valence-corrected chi connectivity index (χ1v) is 7.01. The van der Waals surface area contributed by atoms with E-state index in [2.05, 4.69) is 4.98 Å². The van der Waals surface area contributed by atoms with Gasteiger partial charge < -0.3 is 9.64 Å². The van der Waals surface area contributed by atoms with Crippen LogP contribution in [0.25, 0.3) is 0 Å². The number of carbonyl (C=O) groups is 1. The Balaban J connectivity index is 1.96. The maximum atomic E-state index is 14.1. The number of hydrogen-bond acceptors (Lipinski definition) is 4. The molecule has 0 radical (unpaired) electrons. The summed E-state index contributed by atoms with van der Waals surface area (Å²) in [5.41, 5.74) is 1.82. The van der Waals surface area contributed by atoms with E-state index in [1.165, 1.54) is 12.1 Å². The number of hydrogen-bond donors (Lipinski definition) is 0. The number of pyridine rings is 1. The van der Waals surface area contributed by atoms with E-state index >= 15 is 0 Å². The minimum Gasteiger partial charge on any atom is -0.456 e. The summed E-state index contributed by atoms with van der Waals surface area (Å²) in [6, 6.07) is 9.86. The molecule has 0 saturated heterocycles. The fourth-order valence-corrected chi connectivity index (χ4v) is 2.33. The average Bonchev–Trinajstić information content (AvgIpc) is 2.94. The zero-order valence-electron chi connectivity index (χ0n) is 11.5. The van der Waals surface area contributed by atoms with Crippen molar-refractivity contribution in [3.63, 3.8) is 0 Å². The fraction of sp³-hybridized carbons (Fsp3) is 0.125. The summed E-state index contributed by atoms with van der Waals surface area (Å²) in [5.74, 6) is -0.796. The largest absolute Gasteiger partial charge is 0.456 e. The SMILES string of the molecule is O=C1C=C(N(Cc2ccc(Cl)nc2)c2ccccc2F)CO1. The van der Waals surface area contributed by atoms with Crippen molar-refractivity contribution in [2.75, 3.05) is 11.5 Å². The number of rotatable bonds is 4. The molecule has 0 spiro atoms. The number of aromatic nitrogens is 1. The third kappa shape index (κ3) is 3.09. The van der Waals surface area contributed by atoms with Crippen molar-refractivity contribution in [1.29, 1.82) is 0 Å². The highest BCUT2D eigenvalue weighted by Gasteiger charge is 2.22. The lowest BCUT2D eigenvalue weighted by atomic mass is 10.2. The molecule has 0 atom stereocenters. The Morgan fingerprint density at radius 1 is 1.27 bits per heavy atom. The summed E-state index contributed by atoms with van der Waals surface area (Å²) >= 11 is 5.78. The Bertz CT molecular complexity index is 731. The van der Waals surface area contributed by atoms with E-state index in [9.17, 15) is 9.18 Å². The van der Waals surface area contributed by atoms with Gasteiger partial charge in [0.25, 0.3) is 0 Å². The van der Waals surface area contributed by atoms with Gasteiger partial charge in [0.05, 0.1) is 11.4 Å². The predicted octanol–water partition coefficient (Wildman–Crippen LogP) is 3.32. The lowest BCUT2D eigenvalue weighted by molar-refractivity contribution is -0.134. The maximum absolute atomic E-state index is 14.1. The number of anilines is 1. The molecular weight excluding hydrogens is 307 g/mol. The van der Waals surface area contributed by atoms with Crippen molar-refractivity contribution in [2.24, 2.45) is 0 Å². The van der Waals surface area contributed by atoms with Crippen LogP contribution in [0.4, 0.5) is 10.1 Å². The Hall–Kier alpha value is -2.40. The van der Waals surface area contributed by atoms with Crippen molar-refractivity contribution in [3.8, 4) is 0 Å². The molecule has 1 aromatic carbocycles. The molecule has 4 nitrogen and oxygen atoms in total. The van der Waals surface area contributed by atoms with Crippen LogP contribution in [0.2, 0.25) is 5.15 Å². The van der Waals surface area contributed by atoms with Crippen LogP contribution >= 0.6 is 11.6 Å². The van der Waals surface area contributed by atoms with Crippen molar-refractivity contribution in [2.45, 2.75) is 6.54 Å². The van der Waals surface area contributed by atoms with E-state index in [0.29, 0.717) is 23.1 Å². The summed E-state index contributed by atoms with van der Waals surface area (Å²) in [4.78, 5) is 17.0. The molecule has 0 unspecified atom stereocenters. The summed E-state index contributed by atoms with van der Waals surface area (Å²) in [5, 5.41) is 0.389. The van der Waals surface area contributed by atoms with Crippen LogP contribution in [0.3, 0.4) is 0 Å². The highest BCUT2D eigenvalue weighted by Crippen LogP contribution is 2.27. The van der Waals surface area contributed by atoms with Crippen molar-refractivity contribution < 1.29 is 13.9 Å². The number of cyclic esters (lactones) is 1. The Kier molecular flexibility index (Phi) is 4.06. The van der Waals surface area contributed by atoms with Crippen LogP contribution in [0.1, 0.15) is 5.56 Å². The molecule has 0 saturated carbocycles. The maximum Gasteiger partial charge on any atom is 0.333 e. The lowest BCUT2D eigenvalue weighted by Crippen LogP contribution is -2.24. The van der Waals surface area contributed by atoms with Crippen molar-refractivity contribution in [1.82, 2.24) is 4.98 Å². The van der Waals surface area contributed by atoms with Crippen LogP contribution in [0, 0.1) is 5.82 Å². The van der Waals surface area contributed by atoms with E-state index in [4.69, 9.17) is 16.3 Å². The average molecular weight is 319 g/mol. The summed E-state index contributed by atoms with van der Waals surface area (Å²) in [6.07, 6.45) is 2.99. The van der Waals surface area contributed by atoms with Gasteiger partial charge in [-0.05, 0) is 23.8 Å². The van der Waals surface area contributed by atoms with Crippen molar-refractivity contribution in [3.05, 3.63) is 70.9 Å². The van der Waals surface area contributed by atoms with Gasteiger partial charge in [0.1, 0.15) is 17.6 Å². The number of ether oxygens (including phenoxy) is 1. The molecule has 1 aliphatic rings. The highest BCUT2D eigenvalue weighted by atomic mass is 35.5. The second-order valence-electron chi connectivity index (χ2n) is 4.77. The molecule has 112 valence electrons. The van der Waals surface area contributed by atoms with E-state index in [-0.39, 0.29) is 12.4 Å². The number of carbonyl (C=O) groups excluding carboxylic acids is 1. The van der Waals surface area contributed by atoms with E-state index < -0.39 is 5.97 Å². The molecular formula is C16H12ClFN2O2. The number of nitrogens with zero attached hydrogens (tertiary/aromatic N) is 2. The number of halogens is 2. The zero-order valence-corrected chi connectivity index (χ0v) is 12.3. The van der Waals surface area contributed by atoms with Crippen molar-refractivity contribution >= 4 is 23.3 Å². The second kappa shape index (κ2) is 6.15. The molecule has 6 heteroatoms. The molecule has 2 aromatic rings. The summed E-state index contributed by atoms with van der Waals surface area (Å²) in [6.45, 7) is 0.474. The van der Waals surface area contributed by atoms with E-state index in [1.807, 2.05) is 0 Å². The smallest absolute Gasteiger partial charge is 0.333 e. The van der Waals surface area contributed by atoms with Gasteiger partial charge in [0.15, 0.2) is 0 Å². The molecule has 2 heterocycles. The van der Waals surface area contributed by atoms with Gasteiger partial charge in [-0.3, -0.25) is 0 Å². The third-order valence-electron chi connectivity index (χ3n) is 3.27. The van der Waals surface area contributed by atoms with Gasteiger partial charge in [-0.1, -0.05) is 29.8 Å². The van der Waals surface area contributed by atoms with E-state index in [1.54, 1.807) is 41.4 Å². The van der Waals surface area contributed by atoms with Gasteiger partial charge >= 0.3 is 5.97 Å². The minimum atomic E-state index is -0.425. The fourth-order valence-electron chi connectivity index (χ4n) is 2.21. The number of para-hydroxylation sites is 1. The quantitative estimate of drug-likeness (QED) is 0.640. The van der Waals surface area contributed by atoms with E-state index in [0.717, 1.165) is 5.56 Å². The van der Waals surface area contributed by atoms with Crippen LogP contribution in [-0.2, 0) is 16.1 Å². The topological polar surface area (TPSA) is 42.4 Å². The third-order valence-corrected chi connectivity index (χ3v) is 3.49. The van der Waals surface area contributed by atoms with Crippen LogP contribution in [0.5, 0.6) is 0 Å². The lowest BCUT2D eigenvalue weighted by Gasteiger charge is -2.25. The highest BCUT2D eigenvalue weighted by molar-refractivity contribution is 6.29. The van der Waals surface area contributed by atoms with Gasteiger partial charge in [-0.15, -0.1) is 0 Å². The molecule has 3 rings (SSSR count). The summed E-state index contributed by atoms with van der Waals surface area (Å²) in [7, 11) is 0. The Morgan fingerprint density at radius 2 is 2.09 bits per heavy atom. The second-order valence-corrected chi connectivity index (χ2v) is 5.16. The molecule has 0 bridgehead atoms. The number of benzene rings is 1. The van der Waals surface area contributed by atoms with Crippen LogP contribution in [0.15, 0.2) is 54.4 Å². The molecule has 0 fully saturated rings. The zero-order chi connectivity index (χ0) is 15.5. The molecule has 1 aliphatic heterocycles. The Morgan fingerprint density at radius 3 is 2.73 bits per heavy atom. The standard InChI is InChI=1S/C16H12ClFN2O2/c17-15-6-5-11(8-19-15)9-20(12-7-16(21)22-10-12)14-4-2-1-3-13(14)18/h1-8H,9-10H2. The van der Waals surface area contributed by atoms with Gasteiger partial charge in [-0.2, -0.15) is 0 Å². The molecule has 0 amide bonds. The molecule has 0 N–H and O–H groups in total. The predicted molar refractivity (Wildman–Crippen MR) is 80.9 cm³/mol.